The number of likely N-dealkylation sites (tertiary alicyclic amines) is 1. The SMILES string of the molecule is Cc1ccc(NC(=O)CCN2C(=O)[C@@H]3[C@H](C2=O)[C@@H]2C=C[C@H]3C2)cc1[N+](=O)[O-]. The minimum absolute atomic E-state index is 0.0316. The summed E-state index contributed by atoms with van der Waals surface area (Å²) in [5.41, 5.74) is 0.741. The van der Waals surface area contributed by atoms with Crippen LogP contribution in [0, 0.1) is 40.7 Å². The topological polar surface area (TPSA) is 110 Å². The summed E-state index contributed by atoms with van der Waals surface area (Å²) in [5, 5.41) is 13.6. The zero-order chi connectivity index (χ0) is 19.3. The summed E-state index contributed by atoms with van der Waals surface area (Å²) < 4.78 is 0. The van der Waals surface area contributed by atoms with Gasteiger partial charge in [-0.3, -0.25) is 29.4 Å². The van der Waals surface area contributed by atoms with E-state index in [0.717, 1.165) is 6.42 Å². The van der Waals surface area contributed by atoms with Gasteiger partial charge in [-0.2, -0.15) is 0 Å². The fourth-order valence-corrected chi connectivity index (χ4v) is 4.51. The molecule has 1 saturated carbocycles. The van der Waals surface area contributed by atoms with Crippen LogP contribution in [0.4, 0.5) is 11.4 Å². The summed E-state index contributed by atoms with van der Waals surface area (Å²) in [6.45, 7) is 1.65. The molecule has 8 heteroatoms. The lowest BCUT2D eigenvalue weighted by molar-refractivity contribution is -0.385. The molecule has 4 rings (SSSR count). The molecule has 2 aliphatic carbocycles. The summed E-state index contributed by atoms with van der Waals surface area (Å²) in [6, 6.07) is 4.44. The van der Waals surface area contributed by atoms with Gasteiger partial charge < -0.3 is 5.32 Å². The van der Waals surface area contributed by atoms with Crippen LogP contribution in [0.3, 0.4) is 0 Å². The number of fused-ring (bicyclic) bond motifs is 5. The van der Waals surface area contributed by atoms with E-state index in [0.29, 0.717) is 11.3 Å². The van der Waals surface area contributed by atoms with Crippen LogP contribution >= 0.6 is 0 Å². The van der Waals surface area contributed by atoms with Crippen LogP contribution < -0.4 is 5.32 Å². The average Bonchev–Trinajstić information content (AvgIpc) is 3.29. The molecule has 1 aromatic carbocycles. The van der Waals surface area contributed by atoms with E-state index < -0.39 is 10.8 Å². The number of aryl methyl sites for hydroxylation is 1. The second-order valence-corrected chi connectivity index (χ2v) is 7.38. The highest BCUT2D eigenvalue weighted by Gasteiger charge is 2.58. The molecule has 3 aliphatic rings. The summed E-state index contributed by atoms with van der Waals surface area (Å²) in [5.74, 6) is -1.01. The van der Waals surface area contributed by atoms with Crippen molar-refractivity contribution in [2.75, 3.05) is 11.9 Å². The number of nitro benzene ring substituents is 1. The molecule has 1 heterocycles. The number of hydrogen-bond donors (Lipinski definition) is 1. The largest absolute Gasteiger partial charge is 0.326 e. The standard InChI is InChI=1S/C19H19N3O5/c1-10-2-5-13(9-14(10)22(26)27)20-15(23)6-7-21-18(24)16-11-3-4-12(8-11)17(16)19(21)25/h2-5,9,11-12,16-17H,6-8H2,1H3,(H,20,23)/t11-,12+,16-,17+. The molecule has 27 heavy (non-hydrogen) atoms. The molecule has 140 valence electrons. The van der Waals surface area contributed by atoms with E-state index in [2.05, 4.69) is 5.32 Å². The van der Waals surface area contributed by atoms with Crippen LogP contribution in [-0.2, 0) is 14.4 Å². The summed E-state index contributed by atoms with van der Waals surface area (Å²) >= 11 is 0. The van der Waals surface area contributed by atoms with E-state index in [1.807, 2.05) is 12.2 Å². The predicted octanol–water partition coefficient (Wildman–Crippen LogP) is 2.04. The lowest BCUT2D eigenvalue weighted by Crippen LogP contribution is -2.35. The fourth-order valence-electron chi connectivity index (χ4n) is 4.51. The van der Waals surface area contributed by atoms with E-state index in [4.69, 9.17) is 0 Å². The number of benzene rings is 1. The van der Waals surface area contributed by atoms with Crippen molar-refractivity contribution in [1.82, 2.24) is 4.90 Å². The van der Waals surface area contributed by atoms with Gasteiger partial charge in [-0.1, -0.05) is 18.2 Å². The molecule has 1 N–H and O–H groups in total. The van der Waals surface area contributed by atoms with Gasteiger partial charge in [-0.05, 0) is 31.2 Å². The quantitative estimate of drug-likeness (QED) is 0.370. The van der Waals surface area contributed by atoms with Gasteiger partial charge in [-0.15, -0.1) is 0 Å². The van der Waals surface area contributed by atoms with Gasteiger partial charge in [0.15, 0.2) is 0 Å². The first kappa shape index (κ1) is 17.4. The van der Waals surface area contributed by atoms with Crippen LogP contribution in [0.15, 0.2) is 30.4 Å². The van der Waals surface area contributed by atoms with Crippen molar-refractivity contribution in [2.24, 2.45) is 23.7 Å². The molecule has 3 amide bonds. The second-order valence-electron chi connectivity index (χ2n) is 7.38. The number of nitrogens with zero attached hydrogens (tertiary/aromatic N) is 2. The number of carbonyl (C=O) groups excluding carboxylic acids is 3. The highest BCUT2D eigenvalue weighted by atomic mass is 16.6. The summed E-state index contributed by atoms with van der Waals surface area (Å²) in [6.07, 6.45) is 4.88. The maximum absolute atomic E-state index is 12.6. The first-order chi connectivity index (χ1) is 12.9. The van der Waals surface area contributed by atoms with Crippen LogP contribution in [-0.4, -0.2) is 34.1 Å². The van der Waals surface area contributed by atoms with Crippen LogP contribution in [0.25, 0.3) is 0 Å². The maximum atomic E-state index is 12.6. The molecular weight excluding hydrogens is 350 g/mol. The Kier molecular flexibility index (Phi) is 4.05. The second kappa shape index (κ2) is 6.29. The van der Waals surface area contributed by atoms with Crippen molar-refractivity contribution in [1.29, 1.82) is 0 Å². The van der Waals surface area contributed by atoms with Gasteiger partial charge in [0.1, 0.15) is 0 Å². The Hall–Kier alpha value is -3.03. The number of anilines is 1. The van der Waals surface area contributed by atoms with E-state index in [9.17, 15) is 24.5 Å². The van der Waals surface area contributed by atoms with Crippen molar-refractivity contribution in [3.63, 3.8) is 0 Å². The van der Waals surface area contributed by atoms with Crippen molar-refractivity contribution in [3.8, 4) is 0 Å². The van der Waals surface area contributed by atoms with Gasteiger partial charge in [0.05, 0.1) is 16.8 Å². The van der Waals surface area contributed by atoms with Gasteiger partial charge in [-0.25, -0.2) is 0 Å². The number of carbonyl (C=O) groups is 3. The number of hydrogen-bond acceptors (Lipinski definition) is 5. The minimum Gasteiger partial charge on any atom is -0.326 e. The number of amides is 3. The van der Waals surface area contributed by atoms with E-state index in [-0.39, 0.29) is 54.1 Å². The maximum Gasteiger partial charge on any atom is 0.274 e. The molecule has 4 atom stereocenters. The Balaban J connectivity index is 1.38. The average molecular weight is 369 g/mol. The third-order valence-corrected chi connectivity index (χ3v) is 5.81. The van der Waals surface area contributed by atoms with Gasteiger partial charge in [0.25, 0.3) is 5.69 Å². The van der Waals surface area contributed by atoms with E-state index in [1.54, 1.807) is 19.1 Å². The van der Waals surface area contributed by atoms with Crippen molar-refractivity contribution in [3.05, 3.63) is 46.0 Å². The van der Waals surface area contributed by atoms with Crippen molar-refractivity contribution >= 4 is 29.1 Å². The van der Waals surface area contributed by atoms with Gasteiger partial charge in [0, 0.05) is 30.3 Å². The molecule has 8 nitrogen and oxygen atoms in total. The fraction of sp³-hybridized carbons (Fsp3) is 0.421. The van der Waals surface area contributed by atoms with E-state index >= 15 is 0 Å². The molecule has 2 fully saturated rings. The summed E-state index contributed by atoms with van der Waals surface area (Å²) in [7, 11) is 0. The molecular formula is C19H19N3O5. The zero-order valence-electron chi connectivity index (χ0n) is 14.8. The third kappa shape index (κ3) is 2.81. The molecule has 0 spiro atoms. The molecule has 0 aromatic heterocycles. The predicted molar refractivity (Wildman–Crippen MR) is 95.5 cm³/mol. The Bertz CT molecular complexity index is 863. The zero-order valence-corrected chi connectivity index (χ0v) is 14.8. The summed E-state index contributed by atoms with van der Waals surface area (Å²) in [4.78, 5) is 49.0. The Labute approximate surface area is 155 Å². The van der Waals surface area contributed by atoms with Crippen LogP contribution in [0.2, 0.25) is 0 Å². The van der Waals surface area contributed by atoms with Crippen LogP contribution in [0.1, 0.15) is 18.4 Å². The molecule has 1 aromatic rings. The van der Waals surface area contributed by atoms with Crippen molar-refractivity contribution < 1.29 is 19.3 Å². The van der Waals surface area contributed by atoms with E-state index in [1.165, 1.54) is 11.0 Å². The molecule has 2 bridgehead atoms. The first-order valence-corrected chi connectivity index (χ1v) is 8.95. The molecule has 0 radical (unpaired) electrons. The Morgan fingerprint density at radius 1 is 1.22 bits per heavy atom. The molecule has 1 saturated heterocycles. The lowest BCUT2D eigenvalue weighted by atomic mass is 9.85. The number of rotatable bonds is 5. The number of nitrogens with one attached hydrogen (secondary N) is 1. The highest BCUT2D eigenvalue weighted by molar-refractivity contribution is 6.06. The van der Waals surface area contributed by atoms with Crippen molar-refractivity contribution in [2.45, 2.75) is 19.8 Å². The van der Waals surface area contributed by atoms with Gasteiger partial charge in [0.2, 0.25) is 17.7 Å². The monoisotopic (exact) mass is 369 g/mol. The first-order valence-electron chi connectivity index (χ1n) is 8.95. The Morgan fingerprint density at radius 2 is 1.85 bits per heavy atom. The normalized spacial score (nSPS) is 28.0. The smallest absolute Gasteiger partial charge is 0.274 e. The lowest BCUT2D eigenvalue weighted by Gasteiger charge is -2.17. The Morgan fingerprint density at radius 3 is 2.44 bits per heavy atom. The highest BCUT2D eigenvalue weighted by Crippen LogP contribution is 2.52. The van der Waals surface area contributed by atoms with Crippen LogP contribution in [0.5, 0.6) is 0 Å². The third-order valence-electron chi connectivity index (χ3n) is 5.81. The molecule has 1 aliphatic heterocycles. The minimum atomic E-state index is -0.506. The number of imide groups is 1. The number of allylic oxidation sites excluding steroid dienone is 2. The number of nitro groups is 1. The molecule has 0 unspecified atom stereocenters. The van der Waals surface area contributed by atoms with Gasteiger partial charge >= 0.3 is 0 Å².